The highest BCUT2D eigenvalue weighted by atomic mass is 19.4. The van der Waals surface area contributed by atoms with Crippen LogP contribution in [-0.2, 0) is 4.79 Å². The molecule has 2 N–H and O–H groups in total. The van der Waals surface area contributed by atoms with Gasteiger partial charge in [-0.25, -0.2) is 0 Å². The Balaban J connectivity index is 2.24. The first kappa shape index (κ1) is 15.3. The Morgan fingerprint density at radius 1 is 1.33 bits per heavy atom. The molecule has 1 amide bonds. The van der Waals surface area contributed by atoms with Crippen molar-refractivity contribution in [2.75, 3.05) is 13.1 Å². The predicted octanol–water partition coefficient (Wildman–Crippen LogP) is 2.22. The zero-order valence-corrected chi connectivity index (χ0v) is 10.6. The van der Waals surface area contributed by atoms with Gasteiger partial charge in [0.15, 0.2) is 0 Å². The van der Waals surface area contributed by atoms with Gasteiger partial charge in [0.1, 0.15) is 0 Å². The van der Waals surface area contributed by atoms with E-state index in [1.807, 2.05) is 6.92 Å². The van der Waals surface area contributed by atoms with E-state index in [0.717, 1.165) is 6.42 Å². The molecule has 0 heterocycles. The van der Waals surface area contributed by atoms with Crippen molar-refractivity contribution in [3.8, 4) is 0 Å². The van der Waals surface area contributed by atoms with Gasteiger partial charge < -0.3 is 10.6 Å². The van der Waals surface area contributed by atoms with E-state index in [1.165, 1.54) is 0 Å². The fraction of sp³-hybridized carbons (Fsp3) is 0.917. The molecule has 0 saturated heterocycles. The minimum atomic E-state index is -4.08. The van der Waals surface area contributed by atoms with E-state index in [1.54, 1.807) is 0 Å². The fourth-order valence-corrected chi connectivity index (χ4v) is 2.35. The molecule has 0 aromatic heterocycles. The van der Waals surface area contributed by atoms with Gasteiger partial charge in [-0.1, -0.05) is 6.42 Å². The first-order chi connectivity index (χ1) is 8.43. The molecule has 0 bridgehead atoms. The van der Waals surface area contributed by atoms with E-state index in [-0.39, 0.29) is 24.8 Å². The minimum absolute atomic E-state index is 0.0619. The molecule has 3 nitrogen and oxygen atoms in total. The molecular weight excluding hydrogens is 245 g/mol. The highest BCUT2D eigenvalue weighted by molar-refractivity contribution is 5.75. The summed E-state index contributed by atoms with van der Waals surface area (Å²) in [5.74, 6) is -1.25. The molecule has 106 valence electrons. The summed E-state index contributed by atoms with van der Waals surface area (Å²) in [6.07, 6.45) is -2.02. The Bertz CT molecular complexity index is 269. The van der Waals surface area contributed by atoms with Crippen LogP contribution < -0.4 is 10.6 Å². The maximum absolute atomic E-state index is 12.6. The average Bonchev–Trinajstić information content (AvgIpc) is 2.29. The first-order valence-corrected chi connectivity index (χ1v) is 6.50. The van der Waals surface area contributed by atoms with E-state index in [9.17, 15) is 18.0 Å². The molecular formula is C12H21F3N2O. The van der Waals surface area contributed by atoms with E-state index in [4.69, 9.17) is 0 Å². The third-order valence-corrected chi connectivity index (χ3v) is 3.30. The summed E-state index contributed by atoms with van der Waals surface area (Å²) in [6.45, 7) is 2.86. The number of carbonyl (C=O) groups excluding carboxylic acids is 1. The lowest BCUT2D eigenvalue weighted by Gasteiger charge is -2.31. The van der Waals surface area contributed by atoms with Gasteiger partial charge >= 0.3 is 6.18 Å². The Labute approximate surface area is 106 Å². The third-order valence-electron chi connectivity index (χ3n) is 3.30. The maximum atomic E-state index is 12.6. The van der Waals surface area contributed by atoms with Gasteiger partial charge in [0, 0.05) is 25.6 Å². The van der Waals surface area contributed by atoms with Crippen molar-refractivity contribution in [1.82, 2.24) is 10.6 Å². The smallest absolute Gasteiger partial charge is 0.356 e. The Morgan fingerprint density at radius 2 is 2.06 bits per heavy atom. The summed E-state index contributed by atoms with van der Waals surface area (Å²) in [7, 11) is 0. The lowest BCUT2D eigenvalue weighted by molar-refractivity contribution is -0.183. The Hall–Kier alpha value is -0.780. The van der Waals surface area contributed by atoms with Crippen molar-refractivity contribution in [2.24, 2.45) is 5.92 Å². The fourth-order valence-electron chi connectivity index (χ4n) is 2.35. The molecule has 6 heteroatoms. The average molecular weight is 266 g/mol. The van der Waals surface area contributed by atoms with Crippen LogP contribution in [0.5, 0.6) is 0 Å². The zero-order valence-electron chi connectivity index (χ0n) is 10.6. The monoisotopic (exact) mass is 266 g/mol. The van der Waals surface area contributed by atoms with E-state index < -0.39 is 12.1 Å². The summed E-state index contributed by atoms with van der Waals surface area (Å²) in [5.41, 5.74) is 0. The lowest BCUT2D eigenvalue weighted by atomic mass is 9.85. The van der Waals surface area contributed by atoms with Crippen LogP contribution in [0.25, 0.3) is 0 Å². The van der Waals surface area contributed by atoms with Crippen LogP contribution in [-0.4, -0.2) is 31.2 Å². The summed E-state index contributed by atoms with van der Waals surface area (Å²) < 4.78 is 37.7. The molecule has 1 aliphatic rings. The quantitative estimate of drug-likeness (QED) is 0.801. The number of alkyl halides is 3. The molecule has 0 spiro atoms. The van der Waals surface area contributed by atoms with Crippen LogP contribution in [0.3, 0.4) is 0 Å². The van der Waals surface area contributed by atoms with Gasteiger partial charge in [0.2, 0.25) is 5.91 Å². The second kappa shape index (κ2) is 6.97. The number of hydrogen-bond donors (Lipinski definition) is 2. The van der Waals surface area contributed by atoms with Crippen molar-refractivity contribution < 1.29 is 18.0 Å². The summed E-state index contributed by atoms with van der Waals surface area (Å²) >= 11 is 0. The topological polar surface area (TPSA) is 41.1 Å². The molecule has 18 heavy (non-hydrogen) atoms. The maximum Gasteiger partial charge on any atom is 0.391 e. The van der Waals surface area contributed by atoms with Crippen LogP contribution in [0.15, 0.2) is 0 Å². The van der Waals surface area contributed by atoms with Crippen molar-refractivity contribution in [3.05, 3.63) is 0 Å². The second-order valence-electron chi connectivity index (χ2n) is 4.76. The highest BCUT2D eigenvalue weighted by Crippen LogP contribution is 2.37. The SMILES string of the molecule is CCNC(=O)CCNC1CCCC(C(F)(F)F)C1. The van der Waals surface area contributed by atoms with E-state index in [2.05, 4.69) is 10.6 Å². The molecule has 1 rings (SSSR count). The molecule has 1 saturated carbocycles. The van der Waals surface area contributed by atoms with Crippen molar-refractivity contribution in [3.63, 3.8) is 0 Å². The molecule has 0 radical (unpaired) electrons. The standard InChI is InChI=1S/C12H21F3N2O/c1-2-16-11(18)6-7-17-10-5-3-4-9(8-10)12(13,14)15/h9-10,17H,2-8H2,1H3,(H,16,18). The normalized spacial score (nSPS) is 24.9. The molecule has 2 atom stereocenters. The molecule has 1 aliphatic carbocycles. The number of carbonyl (C=O) groups is 1. The first-order valence-electron chi connectivity index (χ1n) is 6.50. The van der Waals surface area contributed by atoms with Crippen molar-refractivity contribution >= 4 is 5.91 Å². The molecule has 0 aromatic carbocycles. The highest BCUT2D eigenvalue weighted by Gasteiger charge is 2.41. The molecule has 2 unspecified atom stereocenters. The number of nitrogens with one attached hydrogen (secondary N) is 2. The lowest BCUT2D eigenvalue weighted by Crippen LogP contribution is -2.40. The van der Waals surface area contributed by atoms with Crippen LogP contribution in [0.4, 0.5) is 13.2 Å². The van der Waals surface area contributed by atoms with Crippen molar-refractivity contribution in [2.45, 2.75) is 51.2 Å². The van der Waals surface area contributed by atoms with Gasteiger partial charge in [-0.15, -0.1) is 0 Å². The number of halogens is 3. The van der Waals surface area contributed by atoms with Gasteiger partial charge in [0.05, 0.1) is 5.92 Å². The second-order valence-corrected chi connectivity index (χ2v) is 4.76. The summed E-state index contributed by atoms with van der Waals surface area (Å²) in [5, 5.41) is 5.71. The summed E-state index contributed by atoms with van der Waals surface area (Å²) in [4.78, 5) is 11.2. The Morgan fingerprint density at radius 3 is 2.67 bits per heavy atom. The van der Waals surface area contributed by atoms with E-state index >= 15 is 0 Å². The number of rotatable bonds is 5. The number of hydrogen-bond acceptors (Lipinski definition) is 2. The van der Waals surface area contributed by atoms with E-state index in [0.29, 0.717) is 25.9 Å². The van der Waals surface area contributed by atoms with Gasteiger partial charge in [-0.3, -0.25) is 4.79 Å². The van der Waals surface area contributed by atoms with Crippen LogP contribution in [0.1, 0.15) is 39.0 Å². The van der Waals surface area contributed by atoms with Crippen LogP contribution >= 0.6 is 0 Å². The van der Waals surface area contributed by atoms with Crippen LogP contribution in [0, 0.1) is 5.92 Å². The minimum Gasteiger partial charge on any atom is -0.356 e. The molecule has 1 fully saturated rings. The van der Waals surface area contributed by atoms with Crippen molar-refractivity contribution in [1.29, 1.82) is 0 Å². The largest absolute Gasteiger partial charge is 0.391 e. The number of amides is 1. The summed E-state index contributed by atoms with van der Waals surface area (Å²) in [6, 6.07) is -0.111. The predicted molar refractivity (Wildman–Crippen MR) is 63.1 cm³/mol. The van der Waals surface area contributed by atoms with Gasteiger partial charge in [-0.2, -0.15) is 13.2 Å². The third kappa shape index (κ3) is 5.25. The molecule has 0 aromatic rings. The van der Waals surface area contributed by atoms with Crippen LogP contribution in [0.2, 0.25) is 0 Å². The zero-order chi connectivity index (χ0) is 13.6. The van der Waals surface area contributed by atoms with Gasteiger partial charge in [0.25, 0.3) is 0 Å². The Kier molecular flexibility index (Phi) is 5.91. The van der Waals surface area contributed by atoms with Gasteiger partial charge in [-0.05, 0) is 26.2 Å². The molecule has 0 aliphatic heterocycles.